The lowest BCUT2D eigenvalue weighted by Crippen LogP contribution is -2.42. The van der Waals surface area contributed by atoms with E-state index in [0.717, 1.165) is 28.3 Å². The van der Waals surface area contributed by atoms with E-state index < -0.39 is 0 Å². The van der Waals surface area contributed by atoms with Crippen LogP contribution in [0.15, 0.2) is 42.5 Å². The average Bonchev–Trinajstić information content (AvgIpc) is 2.52. The minimum absolute atomic E-state index is 0. The molecule has 128 valence electrons. The minimum atomic E-state index is -0.00459. The van der Waals surface area contributed by atoms with Crippen molar-refractivity contribution in [3.05, 3.63) is 53.6 Å². The average molecular weight is 347 g/mol. The lowest BCUT2D eigenvalue weighted by atomic mass is 10.1. The standard InChI is InChI=1S/C19H22N2O2.ClH/c1-13-7-9-17-18(11-13)23-14(2)12-21(17)19(22)10-8-15-5-3-4-6-16(15)20;/h3-7,9,11,14H,8,10,12,20H2,1-2H3;1H. The summed E-state index contributed by atoms with van der Waals surface area (Å²) in [5.41, 5.74) is 9.71. The van der Waals surface area contributed by atoms with Gasteiger partial charge in [-0.2, -0.15) is 0 Å². The van der Waals surface area contributed by atoms with Crippen molar-refractivity contribution in [2.24, 2.45) is 0 Å². The van der Waals surface area contributed by atoms with Crippen LogP contribution in [0.1, 0.15) is 24.5 Å². The van der Waals surface area contributed by atoms with Gasteiger partial charge in [-0.25, -0.2) is 0 Å². The van der Waals surface area contributed by atoms with Crippen LogP contribution in [0.5, 0.6) is 5.75 Å². The molecule has 2 N–H and O–H groups in total. The van der Waals surface area contributed by atoms with Crippen molar-refractivity contribution >= 4 is 29.7 Å². The number of amides is 1. The summed E-state index contributed by atoms with van der Waals surface area (Å²) in [7, 11) is 0. The molecular formula is C19H23ClN2O2. The molecule has 0 saturated carbocycles. The molecule has 0 fully saturated rings. The van der Waals surface area contributed by atoms with Crippen LogP contribution < -0.4 is 15.4 Å². The SMILES string of the molecule is Cc1ccc2c(c1)OC(C)CN2C(=O)CCc1ccccc1N.Cl. The number of hydrogen-bond acceptors (Lipinski definition) is 3. The summed E-state index contributed by atoms with van der Waals surface area (Å²) in [6, 6.07) is 13.7. The Bertz CT molecular complexity index is 733. The van der Waals surface area contributed by atoms with Crippen LogP contribution in [0.25, 0.3) is 0 Å². The number of carbonyl (C=O) groups excluding carboxylic acids is 1. The summed E-state index contributed by atoms with van der Waals surface area (Å²) < 4.78 is 5.86. The van der Waals surface area contributed by atoms with E-state index in [-0.39, 0.29) is 24.4 Å². The van der Waals surface area contributed by atoms with Crippen LogP contribution in [0, 0.1) is 6.92 Å². The summed E-state index contributed by atoms with van der Waals surface area (Å²) in [5, 5.41) is 0. The third-order valence-corrected chi connectivity index (χ3v) is 4.14. The Labute approximate surface area is 149 Å². The van der Waals surface area contributed by atoms with Crippen molar-refractivity contribution < 1.29 is 9.53 Å². The summed E-state index contributed by atoms with van der Waals surface area (Å²) in [5.74, 6) is 0.893. The molecule has 0 aromatic heterocycles. The highest BCUT2D eigenvalue weighted by Crippen LogP contribution is 2.34. The molecule has 24 heavy (non-hydrogen) atoms. The molecule has 3 rings (SSSR count). The third kappa shape index (κ3) is 3.82. The first-order chi connectivity index (χ1) is 11.0. The van der Waals surface area contributed by atoms with Gasteiger partial charge >= 0.3 is 0 Å². The van der Waals surface area contributed by atoms with Gasteiger partial charge in [0.25, 0.3) is 0 Å². The van der Waals surface area contributed by atoms with Crippen molar-refractivity contribution in [2.45, 2.75) is 32.8 Å². The summed E-state index contributed by atoms with van der Waals surface area (Å²) in [6.45, 7) is 4.59. The second-order valence-electron chi connectivity index (χ2n) is 6.10. The van der Waals surface area contributed by atoms with E-state index in [9.17, 15) is 4.79 Å². The zero-order valence-corrected chi connectivity index (χ0v) is 14.8. The van der Waals surface area contributed by atoms with E-state index in [1.165, 1.54) is 0 Å². The number of fused-ring (bicyclic) bond motifs is 1. The molecule has 1 amide bonds. The number of nitrogens with two attached hydrogens (primary N) is 1. The Morgan fingerprint density at radius 1 is 1.29 bits per heavy atom. The molecule has 0 bridgehead atoms. The molecule has 1 atom stereocenters. The molecule has 5 heteroatoms. The smallest absolute Gasteiger partial charge is 0.227 e. The molecule has 2 aromatic rings. The summed E-state index contributed by atoms with van der Waals surface area (Å²) >= 11 is 0. The molecular weight excluding hydrogens is 324 g/mol. The van der Waals surface area contributed by atoms with Crippen LogP contribution in [0.3, 0.4) is 0 Å². The first-order valence-electron chi connectivity index (χ1n) is 7.95. The number of aryl methyl sites for hydroxylation is 2. The summed E-state index contributed by atoms with van der Waals surface area (Å²) in [4.78, 5) is 14.5. The maximum absolute atomic E-state index is 12.7. The lowest BCUT2D eigenvalue weighted by Gasteiger charge is -2.33. The predicted molar refractivity (Wildman–Crippen MR) is 100 cm³/mol. The highest BCUT2D eigenvalue weighted by atomic mass is 35.5. The maximum Gasteiger partial charge on any atom is 0.227 e. The van der Waals surface area contributed by atoms with E-state index in [2.05, 4.69) is 0 Å². The number of nitrogen functional groups attached to an aromatic ring is 1. The van der Waals surface area contributed by atoms with Gasteiger partial charge in [0.15, 0.2) is 0 Å². The zero-order chi connectivity index (χ0) is 16.4. The van der Waals surface area contributed by atoms with E-state index in [0.29, 0.717) is 19.4 Å². The molecule has 1 unspecified atom stereocenters. The molecule has 4 nitrogen and oxygen atoms in total. The fraction of sp³-hybridized carbons (Fsp3) is 0.316. The quantitative estimate of drug-likeness (QED) is 0.861. The number of benzene rings is 2. The fourth-order valence-corrected chi connectivity index (χ4v) is 2.92. The summed E-state index contributed by atoms with van der Waals surface area (Å²) in [6.07, 6.45) is 1.09. The largest absolute Gasteiger partial charge is 0.487 e. The minimum Gasteiger partial charge on any atom is -0.487 e. The number of carbonyl (C=O) groups is 1. The number of nitrogens with zero attached hydrogens (tertiary/aromatic N) is 1. The first kappa shape index (κ1) is 18.1. The molecule has 1 heterocycles. The van der Waals surface area contributed by atoms with Crippen LogP contribution in [-0.4, -0.2) is 18.6 Å². The Morgan fingerprint density at radius 3 is 2.79 bits per heavy atom. The van der Waals surface area contributed by atoms with E-state index in [1.807, 2.05) is 61.2 Å². The van der Waals surface area contributed by atoms with Gasteiger partial charge in [-0.05, 0) is 49.6 Å². The number of halogens is 1. The maximum atomic E-state index is 12.7. The van der Waals surface area contributed by atoms with Crippen molar-refractivity contribution in [2.75, 3.05) is 17.2 Å². The van der Waals surface area contributed by atoms with E-state index in [4.69, 9.17) is 10.5 Å². The normalized spacial score (nSPS) is 15.9. The van der Waals surface area contributed by atoms with Gasteiger partial charge in [0, 0.05) is 12.1 Å². The van der Waals surface area contributed by atoms with Crippen molar-refractivity contribution in [3.63, 3.8) is 0 Å². The molecule has 0 radical (unpaired) electrons. The van der Waals surface area contributed by atoms with Gasteiger partial charge in [-0.15, -0.1) is 12.4 Å². The Kier molecular flexibility index (Phi) is 5.73. The molecule has 0 saturated heterocycles. The van der Waals surface area contributed by atoms with E-state index >= 15 is 0 Å². The highest BCUT2D eigenvalue weighted by molar-refractivity contribution is 5.95. The van der Waals surface area contributed by atoms with Crippen LogP contribution in [0.2, 0.25) is 0 Å². The predicted octanol–water partition coefficient (Wildman–Crippen LogP) is 3.75. The van der Waals surface area contributed by atoms with Crippen molar-refractivity contribution in [1.82, 2.24) is 0 Å². The van der Waals surface area contributed by atoms with Gasteiger partial charge in [0.05, 0.1) is 12.2 Å². The van der Waals surface area contributed by atoms with Gasteiger partial charge in [0.1, 0.15) is 11.9 Å². The second-order valence-corrected chi connectivity index (χ2v) is 6.10. The van der Waals surface area contributed by atoms with Gasteiger partial charge in [0.2, 0.25) is 5.91 Å². The lowest BCUT2D eigenvalue weighted by molar-refractivity contribution is -0.119. The van der Waals surface area contributed by atoms with Gasteiger partial charge in [-0.3, -0.25) is 4.79 Å². The fourth-order valence-electron chi connectivity index (χ4n) is 2.92. The van der Waals surface area contributed by atoms with Crippen LogP contribution >= 0.6 is 12.4 Å². The Morgan fingerprint density at radius 2 is 2.04 bits per heavy atom. The molecule has 0 spiro atoms. The number of para-hydroxylation sites is 1. The second kappa shape index (κ2) is 7.58. The first-order valence-corrected chi connectivity index (χ1v) is 7.95. The topological polar surface area (TPSA) is 55.6 Å². The monoisotopic (exact) mass is 346 g/mol. The van der Waals surface area contributed by atoms with Crippen molar-refractivity contribution in [1.29, 1.82) is 0 Å². The van der Waals surface area contributed by atoms with Crippen LogP contribution in [0.4, 0.5) is 11.4 Å². The number of anilines is 2. The van der Waals surface area contributed by atoms with Crippen LogP contribution in [-0.2, 0) is 11.2 Å². The number of ether oxygens (including phenoxy) is 1. The highest BCUT2D eigenvalue weighted by Gasteiger charge is 2.27. The molecule has 2 aromatic carbocycles. The van der Waals surface area contributed by atoms with E-state index in [1.54, 1.807) is 0 Å². The van der Waals surface area contributed by atoms with Crippen molar-refractivity contribution in [3.8, 4) is 5.75 Å². The third-order valence-electron chi connectivity index (χ3n) is 4.14. The Balaban J connectivity index is 0.00000208. The Hall–Kier alpha value is -2.20. The van der Waals surface area contributed by atoms with Gasteiger partial charge in [-0.1, -0.05) is 24.3 Å². The number of rotatable bonds is 3. The number of hydrogen-bond donors (Lipinski definition) is 1. The molecule has 1 aliphatic rings. The van der Waals surface area contributed by atoms with Gasteiger partial charge < -0.3 is 15.4 Å². The molecule has 0 aliphatic carbocycles. The zero-order valence-electron chi connectivity index (χ0n) is 14.0. The molecule has 1 aliphatic heterocycles.